The predicted molar refractivity (Wildman–Crippen MR) is 122 cm³/mol. The molecule has 0 aliphatic rings. The normalized spacial score (nSPS) is 12.2. The van der Waals surface area contributed by atoms with Gasteiger partial charge < -0.3 is 19.2 Å². The summed E-state index contributed by atoms with van der Waals surface area (Å²) in [6, 6.07) is 14.9. The van der Waals surface area contributed by atoms with Crippen molar-refractivity contribution in [2.24, 2.45) is 0 Å². The second kappa shape index (κ2) is 9.68. The van der Waals surface area contributed by atoms with Gasteiger partial charge in [-0.25, -0.2) is 14.4 Å². The highest BCUT2D eigenvalue weighted by molar-refractivity contribution is 5.94. The summed E-state index contributed by atoms with van der Waals surface area (Å²) in [5, 5.41) is 3.28. The van der Waals surface area contributed by atoms with Crippen molar-refractivity contribution in [2.45, 2.75) is 52.2 Å². The maximum atomic E-state index is 12.7. The fourth-order valence-electron chi connectivity index (χ4n) is 3.24. The topological polar surface area (TPSA) is 94.8 Å². The molecule has 1 heterocycles. The molecule has 32 heavy (non-hydrogen) atoms. The molecule has 0 spiro atoms. The van der Waals surface area contributed by atoms with E-state index < -0.39 is 29.3 Å². The third kappa shape index (κ3) is 5.97. The standard InChI is InChI=1S/C25H27NO6/c1-5-9-20(26-24(29)32-25(2,3)4)23(28)30-17-12-13-18-19(16-10-7-6-8-11-16)15-22(27)31-21(18)14-17/h6-8,10-15,20H,5,9H2,1-4H3,(H,26,29). The van der Waals surface area contributed by atoms with Crippen molar-refractivity contribution < 1.29 is 23.5 Å². The lowest BCUT2D eigenvalue weighted by Crippen LogP contribution is -2.45. The van der Waals surface area contributed by atoms with E-state index in [1.807, 2.05) is 37.3 Å². The largest absolute Gasteiger partial charge is 0.444 e. The van der Waals surface area contributed by atoms with Gasteiger partial charge in [-0.2, -0.15) is 0 Å². The number of alkyl carbamates (subject to hydrolysis) is 1. The Balaban J connectivity index is 1.84. The zero-order valence-corrected chi connectivity index (χ0v) is 18.6. The van der Waals surface area contributed by atoms with Crippen LogP contribution in [0.25, 0.3) is 22.1 Å². The molecule has 1 unspecified atom stereocenters. The van der Waals surface area contributed by atoms with Crippen LogP contribution in [0.15, 0.2) is 63.8 Å². The van der Waals surface area contributed by atoms with Crippen LogP contribution in [-0.4, -0.2) is 23.7 Å². The fourth-order valence-corrected chi connectivity index (χ4v) is 3.24. The lowest BCUT2D eigenvalue weighted by Gasteiger charge is -2.22. The molecule has 1 atom stereocenters. The lowest BCUT2D eigenvalue weighted by atomic mass is 10.0. The van der Waals surface area contributed by atoms with Crippen LogP contribution >= 0.6 is 0 Å². The molecule has 7 nitrogen and oxygen atoms in total. The number of ether oxygens (including phenoxy) is 2. The van der Waals surface area contributed by atoms with Crippen LogP contribution in [0, 0.1) is 0 Å². The molecule has 1 N–H and O–H groups in total. The number of carbonyl (C=O) groups is 2. The van der Waals surface area contributed by atoms with Gasteiger partial charge in [0.1, 0.15) is 23.0 Å². The summed E-state index contributed by atoms with van der Waals surface area (Å²) in [4.78, 5) is 36.9. The summed E-state index contributed by atoms with van der Waals surface area (Å²) >= 11 is 0. The van der Waals surface area contributed by atoms with Gasteiger partial charge in [-0.1, -0.05) is 43.7 Å². The number of hydrogen-bond donors (Lipinski definition) is 1. The first kappa shape index (κ1) is 23.1. The van der Waals surface area contributed by atoms with Crippen LogP contribution in [0.5, 0.6) is 5.75 Å². The molecule has 1 aromatic heterocycles. The molecule has 0 aliphatic carbocycles. The maximum Gasteiger partial charge on any atom is 0.408 e. The summed E-state index contributed by atoms with van der Waals surface area (Å²) in [7, 11) is 0. The molecule has 0 saturated carbocycles. The Bertz CT molecular complexity index is 1160. The smallest absolute Gasteiger partial charge is 0.408 e. The van der Waals surface area contributed by atoms with Crippen LogP contribution in [-0.2, 0) is 9.53 Å². The number of fused-ring (bicyclic) bond motifs is 1. The van der Waals surface area contributed by atoms with Crippen LogP contribution < -0.4 is 15.7 Å². The number of benzene rings is 2. The van der Waals surface area contributed by atoms with Crippen molar-refractivity contribution in [3.8, 4) is 16.9 Å². The Labute approximate surface area is 186 Å². The van der Waals surface area contributed by atoms with Gasteiger partial charge in [0, 0.05) is 17.5 Å². The third-order valence-corrected chi connectivity index (χ3v) is 4.57. The first-order valence-corrected chi connectivity index (χ1v) is 10.5. The number of rotatable bonds is 6. The Hall–Kier alpha value is -3.61. The van der Waals surface area contributed by atoms with Crippen molar-refractivity contribution in [2.75, 3.05) is 0 Å². The summed E-state index contributed by atoms with van der Waals surface area (Å²) < 4.78 is 16.1. The summed E-state index contributed by atoms with van der Waals surface area (Å²) in [6.45, 7) is 7.12. The first-order chi connectivity index (χ1) is 15.2. The van der Waals surface area contributed by atoms with E-state index in [1.54, 1.807) is 32.9 Å². The summed E-state index contributed by atoms with van der Waals surface area (Å²) in [5.74, 6) is -0.415. The van der Waals surface area contributed by atoms with E-state index in [1.165, 1.54) is 12.1 Å². The minimum atomic E-state index is -0.867. The summed E-state index contributed by atoms with van der Waals surface area (Å²) in [6.07, 6.45) is 0.353. The highest BCUT2D eigenvalue weighted by Gasteiger charge is 2.25. The molecule has 3 aromatic rings. The van der Waals surface area contributed by atoms with Crippen LogP contribution in [0.1, 0.15) is 40.5 Å². The van der Waals surface area contributed by atoms with Crippen LogP contribution in [0.2, 0.25) is 0 Å². The SMILES string of the molecule is CCCC(NC(=O)OC(C)(C)C)C(=O)Oc1ccc2c(-c3ccccc3)cc(=O)oc2c1. The van der Waals surface area contributed by atoms with E-state index in [9.17, 15) is 14.4 Å². The molecule has 0 aliphatic heterocycles. The van der Waals surface area contributed by atoms with Gasteiger partial charge in [0.15, 0.2) is 0 Å². The van der Waals surface area contributed by atoms with Crippen molar-refractivity contribution in [3.63, 3.8) is 0 Å². The Morgan fingerprint density at radius 1 is 1.06 bits per heavy atom. The quantitative estimate of drug-likeness (QED) is 0.329. The average molecular weight is 437 g/mol. The Kier molecular flexibility index (Phi) is 6.98. The van der Waals surface area contributed by atoms with Gasteiger partial charge in [0.2, 0.25) is 0 Å². The zero-order valence-electron chi connectivity index (χ0n) is 18.6. The fraction of sp³-hybridized carbons (Fsp3) is 0.320. The highest BCUT2D eigenvalue weighted by Crippen LogP contribution is 2.29. The van der Waals surface area contributed by atoms with E-state index >= 15 is 0 Å². The number of nitrogens with one attached hydrogen (secondary N) is 1. The second-order valence-electron chi connectivity index (χ2n) is 8.41. The molecular formula is C25H27NO6. The van der Waals surface area contributed by atoms with Gasteiger partial charge >= 0.3 is 17.7 Å². The van der Waals surface area contributed by atoms with E-state index in [2.05, 4.69) is 5.32 Å². The average Bonchev–Trinajstić information content (AvgIpc) is 2.72. The molecule has 168 valence electrons. The number of hydrogen-bond acceptors (Lipinski definition) is 6. The molecule has 1 amide bonds. The molecule has 0 saturated heterocycles. The van der Waals surface area contributed by atoms with E-state index in [-0.39, 0.29) is 5.75 Å². The van der Waals surface area contributed by atoms with Crippen molar-refractivity contribution in [1.29, 1.82) is 0 Å². The third-order valence-electron chi connectivity index (χ3n) is 4.57. The molecule has 2 aromatic carbocycles. The highest BCUT2D eigenvalue weighted by atomic mass is 16.6. The molecular weight excluding hydrogens is 410 g/mol. The van der Waals surface area contributed by atoms with Crippen molar-refractivity contribution in [1.82, 2.24) is 5.32 Å². The van der Waals surface area contributed by atoms with Gasteiger partial charge in [0.05, 0.1) is 0 Å². The number of carbonyl (C=O) groups excluding carboxylic acids is 2. The van der Waals surface area contributed by atoms with Crippen LogP contribution in [0.3, 0.4) is 0 Å². The molecule has 0 bridgehead atoms. The first-order valence-electron chi connectivity index (χ1n) is 10.5. The van der Waals surface area contributed by atoms with Crippen molar-refractivity contribution >= 4 is 23.0 Å². The van der Waals surface area contributed by atoms with Gasteiger partial charge in [-0.3, -0.25) is 0 Å². The van der Waals surface area contributed by atoms with Crippen LogP contribution in [0.4, 0.5) is 4.79 Å². The predicted octanol–water partition coefficient (Wildman–Crippen LogP) is 5.06. The van der Waals surface area contributed by atoms with E-state index in [4.69, 9.17) is 13.9 Å². The molecule has 0 fully saturated rings. The zero-order chi connectivity index (χ0) is 23.3. The number of esters is 1. The molecule has 0 radical (unpaired) electrons. The summed E-state index contributed by atoms with van der Waals surface area (Å²) in [5.41, 5.74) is 0.714. The maximum absolute atomic E-state index is 12.7. The molecule has 7 heteroatoms. The lowest BCUT2D eigenvalue weighted by molar-refractivity contribution is -0.137. The van der Waals surface area contributed by atoms with Gasteiger partial charge in [0.25, 0.3) is 0 Å². The van der Waals surface area contributed by atoms with Gasteiger partial charge in [-0.05, 0) is 50.5 Å². The minimum Gasteiger partial charge on any atom is -0.444 e. The monoisotopic (exact) mass is 437 g/mol. The van der Waals surface area contributed by atoms with Gasteiger partial charge in [-0.15, -0.1) is 0 Å². The number of amides is 1. The van der Waals surface area contributed by atoms with E-state index in [0.717, 1.165) is 11.1 Å². The minimum absolute atomic E-state index is 0.211. The van der Waals surface area contributed by atoms with E-state index in [0.29, 0.717) is 23.8 Å². The Morgan fingerprint density at radius 3 is 2.44 bits per heavy atom. The van der Waals surface area contributed by atoms with Crippen molar-refractivity contribution in [3.05, 3.63) is 65.0 Å². The second-order valence-corrected chi connectivity index (χ2v) is 8.41. The molecule has 3 rings (SSSR count). The Morgan fingerprint density at radius 2 is 1.78 bits per heavy atom.